The van der Waals surface area contributed by atoms with Gasteiger partial charge in [0.25, 0.3) is 0 Å². The van der Waals surface area contributed by atoms with Crippen LogP contribution in [0.15, 0.2) is 48.5 Å². The highest BCUT2D eigenvalue weighted by Gasteiger charge is 2.23. The third-order valence-electron chi connectivity index (χ3n) is 4.56. The summed E-state index contributed by atoms with van der Waals surface area (Å²) in [6.45, 7) is 5.81. The molecular formula is C23H30N2O6. The number of carbonyl (C=O) groups is 2. The molecule has 8 nitrogen and oxygen atoms in total. The van der Waals surface area contributed by atoms with Crippen molar-refractivity contribution in [1.29, 1.82) is 0 Å². The fourth-order valence-electron chi connectivity index (χ4n) is 2.68. The Morgan fingerprint density at radius 1 is 1.06 bits per heavy atom. The maximum absolute atomic E-state index is 13.0. The van der Waals surface area contributed by atoms with Gasteiger partial charge in [-0.05, 0) is 50.1 Å². The number of hydrogen-bond donors (Lipinski definition) is 1. The van der Waals surface area contributed by atoms with Crippen LogP contribution in [0.4, 0.5) is 21.0 Å². The van der Waals surface area contributed by atoms with Gasteiger partial charge in [-0.1, -0.05) is 25.1 Å². The molecule has 8 heteroatoms. The molecule has 0 aliphatic rings. The van der Waals surface area contributed by atoms with Crippen LogP contribution in [0.5, 0.6) is 5.75 Å². The van der Waals surface area contributed by atoms with Crippen molar-refractivity contribution in [3.63, 3.8) is 0 Å². The van der Waals surface area contributed by atoms with Crippen LogP contribution < -0.4 is 15.0 Å². The van der Waals surface area contributed by atoms with Gasteiger partial charge in [-0.15, -0.1) is 0 Å². The molecule has 0 aromatic heterocycles. The van der Waals surface area contributed by atoms with E-state index >= 15 is 0 Å². The highest BCUT2D eigenvalue weighted by Crippen LogP contribution is 2.22. The minimum Gasteiger partial charge on any atom is -0.446 e. The lowest BCUT2D eigenvalue weighted by Crippen LogP contribution is -2.40. The Morgan fingerprint density at radius 3 is 2.42 bits per heavy atom. The summed E-state index contributed by atoms with van der Waals surface area (Å²) in [7, 11) is 3.00. The lowest BCUT2D eigenvalue weighted by atomic mass is 10.2. The van der Waals surface area contributed by atoms with Gasteiger partial charge < -0.3 is 18.9 Å². The third-order valence-corrected chi connectivity index (χ3v) is 4.56. The monoisotopic (exact) mass is 430 g/mol. The van der Waals surface area contributed by atoms with Crippen LogP contribution in [0.1, 0.15) is 25.8 Å². The molecule has 2 rings (SSSR count). The number of methoxy groups -OCH3 is 2. The third kappa shape index (κ3) is 7.58. The number of aryl methyl sites for hydroxylation is 1. The first-order valence-corrected chi connectivity index (χ1v) is 10.1. The highest BCUT2D eigenvalue weighted by atomic mass is 16.7. The summed E-state index contributed by atoms with van der Waals surface area (Å²) in [5, 5.41) is 2.63. The summed E-state index contributed by atoms with van der Waals surface area (Å²) >= 11 is 0. The van der Waals surface area contributed by atoms with Crippen molar-refractivity contribution in [3.8, 4) is 5.75 Å². The van der Waals surface area contributed by atoms with Crippen molar-refractivity contribution in [2.75, 3.05) is 31.0 Å². The number of amides is 2. The first-order valence-electron chi connectivity index (χ1n) is 10.1. The van der Waals surface area contributed by atoms with E-state index in [-0.39, 0.29) is 18.4 Å². The number of benzene rings is 2. The zero-order valence-electron chi connectivity index (χ0n) is 18.6. The average Bonchev–Trinajstić information content (AvgIpc) is 2.74. The zero-order chi connectivity index (χ0) is 22.8. The predicted molar refractivity (Wildman–Crippen MR) is 119 cm³/mol. The summed E-state index contributed by atoms with van der Waals surface area (Å²) in [5.74, 6) is 0.273. The topological polar surface area (TPSA) is 86.3 Å². The van der Waals surface area contributed by atoms with Crippen LogP contribution in [-0.4, -0.2) is 45.3 Å². The first-order chi connectivity index (χ1) is 14.9. The molecule has 1 atom stereocenters. The summed E-state index contributed by atoms with van der Waals surface area (Å²) in [6.07, 6.45) is -1.29. The molecule has 168 valence electrons. The van der Waals surface area contributed by atoms with E-state index in [1.54, 1.807) is 30.3 Å². The lowest BCUT2D eigenvalue weighted by molar-refractivity contribution is -0.0943. The molecule has 0 saturated heterocycles. The van der Waals surface area contributed by atoms with Crippen LogP contribution in [-0.2, 0) is 14.2 Å². The molecule has 1 unspecified atom stereocenters. The Labute approximate surface area is 183 Å². The largest absolute Gasteiger partial charge is 0.446 e. The molecule has 0 fully saturated rings. The molecule has 2 aromatic carbocycles. The van der Waals surface area contributed by atoms with Crippen LogP contribution in [0.25, 0.3) is 0 Å². The molecule has 1 N–H and O–H groups in total. The number of anilines is 2. The van der Waals surface area contributed by atoms with Gasteiger partial charge in [-0.25, -0.2) is 9.59 Å². The molecule has 31 heavy (non-hydrogen) atoms. The van der Waals surface area contributed by atoms with Crippen LogP contribution >= 0.6 is 0 Å². The van der Waals surface area contributed by atoms with E-state index in [1.807, 2.05) is 39.0 Å². The molecule has 0 heterocycles. The van der Waals surface area contributed by atoms with Crippen molar-refractivity contribution < 1.29 is 28.5 Å². The Morgan fingerprint density at radius 2 is 1.77 bits per heavy atom. The van der Waals surface area contributed by atoms with Crippen molar-refractivity contribution in [3.05, 3.63) is 54.1 Å². The Bertz CT molecular complexity index is 869. The Hall–Kier alpha value is -3.10. The van der Waals surface area contributed by atoms with Gasteiger partial charge in [0.1, 0.15) is 11.9 Å². The second kappa shape index (κ2) is 11.9. The molecule has 0 aliphatic heterocycles. The van der Waals surface area contributed by atoms with Gasteiger partial charge in [0.15, 0.2) is 6.29 Å². The molecule has 2 amide bonds. The number of rotatable bonds is 9. The van der Waals surface area contributed by atoms with E-state index in [0.717, 1.165) is 5.56 Å². The van der Waals surface area contributed by atoms with Crippen LogP contribution in [0.2, 0.25) is 0 Å². The Kier molecular flexibility index (Phi) is 9.30. The van der Waals surface area contributed by atoms with Gasteiger partial charge in [0.05, 0.1) is 6.54 Å². The van der Waals surface area contributed by atoms with E-state index in [2.05, 4.69) is 5.32 Å². The minimum atomic E-state index is -0.628. The zero-order valence-corrected chi connectivity index (χ0v) is 18.6. The predicted octanol–water partition coefficient (Wildman–Crippen LogP) is 4.97. The molecule has 0 bridgehead atoms. The van der Waals surface area contributed by atoms with E-state index in [1.165, 1.54) is 19.1 Å². The minimum absolute atomic E-state index is 0.133. The lowest BCUT2D eigenvalue weighted by Gasteiger charge is -2.26. The van der Waals surface area contributed by atoms with Gasteiger partial charge in [-0.3, -0.25) is 10.2 Å². The number of nitrogens with one attached hydrogen (secondary N) is 1. The quantitative estimate of drug-likeness (QED) is 0.566. The first kappa shape index (κ1) is 24.2. The van der Waals surface area contributed by atoms with Crippen molar-refractivity contribution in [2.45, 2.75) is 39.6 Å². The van der Waals surface area contributed by atoms with Crippen molar-refractivity contribution in [2.24, 2.45) is 0 Å². The summed E-state index contributed by atoms with van der Waals surface area (Å²) < 4.78 is 21.3. The van der Waals surface area contributed by atoms with Gasteiger partial charge in [0.2, 0.25) is 0 Å². The molecule has 0 saturated carbocycles. The second-order valence-corrected chi connectivity index (χ2v) is 7.00. The molecule has 0 aliphatic carbocycles. The summed E-state index contributed by atoms with van der Waals surface area (Å²) in [4.78, 5) is 26.4. The number of hydrogen-bond acceptors (Lipinski definition) is 6. The molecule has 0 spiro atoms. The maximum atomic E-state index is 13.0. The Balaban J connectivity index is 2.16. The fraction of sp³-hybridized carbons (Fsp3) is 0.391. The standard InChI is InChI=1S/C23H30N2O6/c1-6-17(3)30-22(26)24-18-10-8-12-20(14-18)31-23(27)25(15-21(28-4)29-5)19-11-7-9-16(2)13-19/h7-14,17,21H,6,15H2,1-5H3,(H,24,26). The molecule has 2 aromatic rings. The van der Waals surface area contributed by atoms with Gasteiger partial charge in [-0.2, -0.15) is 0 Å². The average molecular weight is 431 g/mol. The SMILES string of the molecule is CCC(C)OC(=O)Nc1cccc(OC(=O)N(CC(OC)OC)c2cccc(C)c2)c1. The van der Waals surface area contributed by atoms with E-state index < -0.39 is 18.5 Å². The van der Waals surface area contributed by atoms with E-state index in [9.17, 15) is 9.59 Å². The summed E-state index contributed by atoms with van der Waals surface area (Å²) in [5.41, 5.74) is 2.09. The van der Waals surface area contributed by atoms with Crippen molar-refractivity contribution >= 4 is 23.6 Å². The second-order valence-electron chi connectivity index (χ2n) is 7.00. The van der Waals surface area contributed by atoms with Crippen molar-refractivity contribution in [1.82, 2.24) is 0 Å². The van der Waals surface area contributed by atoms with Gasteiger partial charge >= 0.3 is 12.2 Å². The van der Waals surface area contributed by atoms with Gasteiger partial charge in [0, 0.05) is 31.7 Å². The summed E-state index contributed by atoms with van der Waals surface area (Å²) in [6, 6.07) is 14.0. The maximum Gasteiger partial charge on any atom is 0.419 e. The number of carbonyl (C=O) groups excluding carboxylic acids is 2. The smallest absolute Gasteiger partial charge is 0.419 e. The van der Waals surface area contributed by atoms with Crippen LogP contribution in [0.3, 0.4) is 0 Å². The number of nitrogens with zero attached hydrogens (tertiary/aromatic N) is 1. The van der Waals surface area contributed by atoms with Crippen LogP contribution in [0, 0.1) is 6.92 Å². The normalized spacial score (nSPS) is 11.7. The van der Waals surface area contributed by atoms with E-state index in [4.69, 9.17) is 18.9 Å². The van der Waals surface area contributed by atoms with E-state index in [0.29, 0.717) is 17.8 Å². The molecule has 0 radical (unpaired) electrons. The molecular weight excluding hydrogens is 400 g/mol. The fourth-order valence-corrected chi connectivity index (χ4v) is 2.68. The number of ether oxygens (including phenoxy) is 4. The highest BCUT2D eigenvalue weighted by molar-refractivity contribution is 5.90.